The Morgan fingerprint density at radius 3 is 0.558 bits per heavy atom. The molecule has 104 heavy (non-hydrogen) atoms. The molecule has 0 aliphatic heterocycles. The first-order chi connectivity index (χ1) is 48.6. The number of hydrogen-bond acceptors (Lipinski definition) is 20. The lowest BCUT2D eigenvalue weighted by atomic mass is 9.87. The van der Waals surface area contributed by atoms with Crippen molar-refractivity contribution in [2.45, 2.75) is 236 Å². The monoisotopic (exact) mass is 1540 g/mol. The van der Waals surface area contributed by atoms with Crippen LogP contribution < -0.4 is 18.9 Å². The van der Waals surface area contributed by atoms with Gasteiger partial charge in [-0.25, -0.2) is 0 Å². The van der Waals surface area contributed by atoms with E-state index in [1.165, 1.54) is 68.0 Å². The molecule has 0 fully saturated rings. The summed E-state index contributed by atoms with van der Waals surface area (Å²) in [6.45, 7) is 47.9. The number of aromatic hydroxyl groups is 2. The van der Waals surface area contributed by atoms with Gasteiger partial charge in [-0.3, -0.25) is 19.2 Å². The number of carbonyl (C=O) groups excluding carboxylic acids is 4. The topological polar surface area (TPSA) is 183 Å². The van der Waals surface area contributed by atoms with Gasteiger partial charge in [-0.05, 0) is 192 Å². The number of hydrogen-bond donors (Lipinski definition) is 2. The van der Waals surface area contributed by atoms with Crippen LogP contribution >= 0.6 is 68.0 Å². The summed E-state index contributed by atoms with van der Waals surface area (Å²) < 4.78 is 58.2. The van der Waals surface area contributed by atoms with Crippen molar-refractivity contribution >= 4 is 148 Å². The number of rotatable bonds is 24. The van der Waals surface area contributed by atoms with Gasteiger partial charge in [0.2, 0.25) is 0 Å². The van der Waals surface area contributed by atoms with Crippen LogP contribution in [0.2, 0.25) is 0 Å². The van der Waals surface area contributed by atoms with Gasteiger partial charge in [-0.15, -0.1) is 68.0 Å². The number of ether oxygens (including phenoxy) is 8. The molecule has 0 saturated carbocycles. The minimum absolute atomic E-state index is 0.0480. The van der Waals surface area contributed by atoms with E-state index in [0.29, 0.717) is 67.5 Å². The minimum atomic E-state index is -0.422. The van der Waals surface area contributed by atoms with Gasteiger partial charge in [-0.1, -0.05) is 125 Å². The lowest BCUT2D eigenvalue weighted by Crippen LogP contribution is -2.11. The molecule has 0 amide bonds. The Balaban J connectivity index is 1.90. The predicted molar refractivity (Wildman–Crippen MR) is 439 cm³/mol. The third-order valence-corrected chi connectivity index (χ3v) is 23.3. The van der Waals surface area contributed by atoms with E-state index in [2.05, 4.69) is 197 Å². The smallest absolute Gasteiger partial charge is 0.305 e. The first-order valence-corrected chi connectivity index (χ1v) is 41.2. The van der Waals surface area contributed by atoms with Crippen LogP contribution in [0.15, 0.2) is 72.8 Å². The van der Waals surface area contributed by atoms with Crippen LogP contribution in [0.1, 0.15) is 237 Å². The molecule has 12 bridgehead atoms. The first-order valence-electron chi connectivity index (χ1n) is 36.3. The zero-order valence-electron chi connectivity index (χ0n) is 65.5. The van der Waals surface area contributed by atoms with Crippen molar-refractivity contribution in [3.8, 4) is 34.5 Å². The molecule has 0 aliphatic carbocycles. The van der Waals surface area contributed by atoms with E-state index >= 15 is 0 Å². The molecule has 2 N–H and O–H groups in total. The predicted octanol–water partition coefficient (Wildman–Crippen LogP) is 24.1. The number of phenols is 2. The maximum Gasteiger partial charge on any atom is 0.305 e. The molecule has 1 heterocycles. The highest BCUT2D eigenvalue weighted by Crippen LogP contribution is 2.49. The summed E-state index contributed by atoms with van der Waals surface area (Å²) in [6.07, 6.45) is 2.01. The van der Waals surface area contributed by atoms with E-state index in [0.717, 1.165) is 71.0 Å². The van der Waals surface area contributed by atoms with Crippen molar-refractivity contribution in [2.75, 3.05) is 52.9 Å². The quantitative estimate of drug-likeness (QED) is 0.0331. The van der Waals surface area contributed by atoms with E-state index in [9.17, 15) is 29.4 Å². The van der Waals surface area contributed by atoms with Crippen LogP contribution in [0.5, 0.6) is 34.5 Å². The highest BCUT2D eigenvalue weighted by Gasteiger charge is 2.26. The van der Waals surface area contributed by atoms with Crippen LogP contribution in [-0.2, 0) is 70.6 Å². The van der Waals surface area contributed by atoms with Crippen molar-refractivity contribution in [2.24, 2.45) is 0 Å². The summed E-state index contributed by atoms with van der Waals surface area (Å²) in [6, 6.07) is 25.5. The number of benzene rings is 6. The van der Waals surface area contributed by atoms with Crippen LogP contribution in [0.3, 0.4) is 0 Å². The zero-order chi connectivity index (χ0) is 76.9. The summed E-state index contributed by atoms with van der Waals surface area (Å²) >= 11 is 8.63. The van der Waals surface area contributed by atoms with Crippen LogP contribution in [0.4, 0.5) is 0 Å². The second kappa shape index (κ2) is 36.3. The molecule has 0 spiro atoms. The van der Waals surface area contributed by atoms with Crippen LogP contribution in [-0.4, -0.2) is 86.9 Å². The average molecular weight is 1540 g/mol. The maximum absolute atomic E-state index is 13.4. The SMILES string of the molecule is CCOC(=O)CCCOc1c2cc(C(C)(C)C)cc1sc1cc(C(C)(C)C)cc(sc3cc(C(C)(C)C)cc(sc4cc(C(C)(C)C)cc(sc5cc(C(C)(C)C)cc(sc6cc(C(C)(C)C)cc(s2)c6O)c5OCCCC(=O)OCC)c4OCCCC(=O)OCC)c3O)c1OCCCC(=O)OCC. The molecule has 568 valence electrons. The summed E-state index contributed by atoms with van der Waals surface area (Å²) in [4.78, 5) is 51.9. The van der Waals surface area contributed by atoms with Crippen molar-refractivity contribution in [1.82, 2.24) is 0 Å². The van der Waals surface area contributed by atoms with Crippen LogP contribution in [0.25, 0.3) is 56.4 Å². The minimum Gasteiger partial charge on any atom is -0.505 e. The molecular weight excluding hydrogens is 1430 g/mol. The highest BCUT2D eigenvalue weighted by atomic mass is 32.1. The van der Waals surface area contributed by atoms with E-state index in [1.807, 2.05) is 0 Å². The number of carbonyl (C=O) groups is 4. The molecule has 0 atom stereocenters. The van der Waals surface area contributed by atoms with Gasteiger partial charge < -0.3 is 48.1 Å². The Kier molecular flexibility index (Phi) is 29.5. The van der Waals surface area contributed by atoms with E-state index in [4.69, 9.17) is 37.9 Å². The molecule has 7 rings (SSSR count). The number of esters is 4. The molecular formula is C84H112O14S6. The zero-order valence-corrected chi connectivity index (χ0v) is 70.4. The van der Waals surface area contributed by atoms with Crippen molar-refractivity contribution in [1.29, 1.82) is 0 Å². The van der Waals surface area contributed by atoms with Gasteiger partial charge in [0.1, 0.15) is 11.5 Å². The number of phenolic OH excluding ortho intramolecular Hbond substituents is 2. The molecule has 0 aliphatic rings. The second-order valence-electron chi connectivity index (χ2n) is 32.0. The van der Waals surface area contributed by atoms with Crippen molar-refractivity contribution in [3.63, 3.8) is 0 Å². The lowest BCUT2D eigenvalue weighted by Gasteiger charge is -2.22. The average Bonchev–Trinajstić information content (AvgIpc) is 0.775. The first kappa shape index (κ1) is 84.6. The number of fused-ring (bicyclic) bond motifs is 12. The van der Waals surface area contributed by atoms with Gasteiger partial charge in [0, 0.05) is 25.7 Å². The third kappa shape index (κ3) is 23.7. The Morgan fingerprint density at radius 1 is 0.269 bits per heavy atom. The van der Waals surface area contributed by atoms with Crippen molar-refractivity contribution < 1.29 is 67.3 Å². The van der Waals surface area contributed by atoms with E-state index in [-0.39, 0.29) is 114 Å². The fraction of sp³-hybridized carbons (Fsp3) is 0.524. The Labute approximate surface area is 640 Å². The molecule has 6 aromatic carbocycles. The summed E-state index contributed by atoms with van der Waals surface area (Å²) in [5, 5.41) is 26.7. The largest absolute Gasteiger partial charge is 0.505 e. The standard InChI is InChI=1S/C84H112O14S6/c1-23-91-69(85)31-27-35-95-75-61-43-53(81(11,12)13)47-65(75)103-66-48-54(82(14,15)16)44-62(76(66)96-36-28-32-70(86)92-24-2)101-59-41-52(80(8,9)10)42-60(74(59)90)102-64-46-56(84(20,21)22)50-68(78(64)98-38-30-34-72(88)94-26-4)104-67-49-55(83(17,18)19)45-63(77(67)97-37-29-33-71(87)93-25-3)100-58-40-51(79(5,6)7)39-57(99-61)73(58)89/h39-50,89-90H,23-38H2,1-22H3. The Morgan fingerprint density at radius 2 is 0.413 bits per heavy atom. The molecule has 0 unspecified atom stereocenters. The maximum atomic E-state index is 13.4. The van der Waals surface area contributed by atoms with E-state index < -0.39 is 32.5 Å². The summed E-state index contributed by atoms with van der Waals surface area (Å²) in [5.74, 6) is 0.981. The molecule has 14 nitrogen and oxygen atoms in total. The normalized spacial score (nSPS) is 12.2. The van der Waals surface area contributed by atoms with Gasteiger partial charge >= 0.3 is 23.9 Å². The molecule has 0 radical (unpaired) electrons. The second-order valence-corrected chi connectivity index (χ2v) is 38.5. The third-order valence-electron chi connectivity index (χ3n) is 17.0. The van der Waals surface area contributed by atoms with Gasteiger partial charge in [-0.2, -0.15) is 0 Å². The highest BCUT2D eigenvalue weighted by molar-refractivity contribution is 7.29. The van der Waals surface area contributed by atoms with Gasteiger partial charge in [0.05, 0.1) is 109 Å². The van der Waals surface area contributed by atoms with Crippen LogP contribution in [0, 0.1) is 0 Å². The fourth-order valence-electron chi connectivity index (χ4n) is 10.8. The fourth-order valence-corrected chi connectivity index (χ4v) is 17.7. The van der Waals surface area contributed by atoms with Crippen molar-refractivity contribution in [3.05, 3.63) is 106 Å². The van der Waals surface area contributed by atoms with E-state index in [1.54, 1.807) is 27.7 Å². The summed E-state index contributed by atoms with van der Waals surface area (Å²) in [5.41, 5.74) is 3.42. The van der Waals surface area contributed by atoms with Gasteiger partial charge in [0.25, 0.3) is 0 Å². The lowest BCUT2D eigenvalue weighted by molar-refractivity contribution is -0.144. The molecule has 7 aromatic rings. The molecule has 0 saturated heterocycles. The Bertz CT molecular complexity index is 3980. The van der Waals surface area contributed by atoms with Gasteiger partial charge in [0.15, 0.2) is 23.0 Å². The summed E-state index contributed by atoms with van der Waals surface area (Å²) in [7, 11) is 0. The Hall–Kier alpha value is -6.68. The molecule has 20 heteroatoms. The molecule has 1 aromatic heterocycles.